The Balaban J connectivity index is 2.82. The first-order valence-electron chi connectivity index (χ1n) is 5.23. The van der Waals surface area contributed by atoms with Crippen molar-refractivity contribution in [2.75, 3.05) is 26.7 Å². The second-order valence-corrected chi connectivity index (χ2v) is 3.94. The van der Waals surface area contributed by atoms with Crippen molar-refractivity contribution >= 4 is 5.91 Å². The molecule has 4 heteroatoms. The summed E-state index contributed by atoms with van der Waals surface area (Å²) < 4.78 is 0. The molecule has 82 valence electrons. The maximum atomic E-state index is 12.0. The van der Waals surface area contributed by atoms with Crippen molar-refractivity contribution in [2.45, 2.75) is 32.4 Å². The van der Waals surface area contributed by atoms with Crippen LogP contribution in [0.15, 0.2) is 0 Å². The predicted molar refractivity (Wildman–Crippen MR) is 55.0 cm³/mol. The van der Waals surface area contributed by atoms with Gasteiger partial charge < -0.3 is 10.0 Å². The highest BCUT2D eigenvalue weighted by Crippen LogP contribution is 2.14. The molecule has 0 aromatic heterocycles. The normalized spacial score (nSPS) is 30.6. The Labute approximate surface area is 85.5 Å². The second-order valence-electron chi connectivity index (χ2n) is 3.94. The third-order valence-corrected chi connectivity index (χ3v) is 3.05. The summed E-state index contributed by atoms with van der Waals surface area (Å²) in [7, 11) is 1.89. The van der Waals surface area contributed by atoms with Gasteiger partial charge in [0, 0.05) is 19.1 Å². The number of aliphatic hydroxyl groups excluding tert-OH is 1. The van der Waals surface area contributed by atoms with Crippen molar-refractivity contribution in [1.82, 2.24) is 9.80 Å². The number of hydrogen-bond donors (Lipinski definition) is 1. The maximum absolute atomic E-state index is 12.0. The number of nitrogens with zero attached hydrogens (tertiary/aromatic N) is 2. The van der Waals surface area contributed by atoms with Gasteiger partial charge in [-0.1, -0.05) is 0 Å². The molecule has 4 nitrogen and oxygen atoms in total. The molecule has 2 unspecified atom stereocenters. The number of carbonyl (C=O) groups excluding carboxylic acids is 1. The Bertz CT molecular complexity index is 188. The van der Waals surface area contributed by atoms with Gasteiger partial charge in [0.2, 0.25) is 5.91 Å². The van der Waals surface area contributed by atoms with E-state index in [1.807, 2.05) is 23.8 Å². The van der Waals surface area contributed by atoms with Crippen LogP contribution in [0.1, 0.15) is 20.3 Å². The van der Waals surface area contributed by atoms with Crippen LogP contribution in [0.5, 0.6) is 0 Å². The summed E-state index contributed by atoms with van der Waals surface area (Å²) in [5.41, 5.74) is 0. The minimum atomic E-state index is -0.347. The molecule has 0 bridgehead atoms. The topological polar surface area (TPSA) is 43.8 Å². The lowest BCUT2D eigenvalue weighted by Crippen LogP contribution is -2.48. The van der Waals surface area contributed by atoms with Crippen LogP contribution in [0.4, 0.5) is 0 Å². The monoisotopic (exact) mass is 200 g/mol. The number of rotatable bonds is 2. The predicted octanol–water partition coefficient (Wildman–Crippen LogP) is -0.0802. The molecule has 0 aliphatic carbocycles. The standard InChI is InChI=1S/C10H20N2O2/c1-4-12-8(2)5-6-11(3)9(7-13)10(12)14/h8-9,13H,4-7H2,1-3H3. The van der Waals surface area contributed by atoms with Crippen LogP contribution >= 0.6 is 0 Å². The van der Waals surface area contributed by atoms with Crippen LogP contribution in [0.2, 0.25) is 0 Å². The molecule has 1 N–H and O–H groups in total. The van der Waals surface area contributed by atoms with Crippen LogP contribution in [-0.4, -0.2) is 59.6 Å². The van der Waals surface area contributed by atoms with Gasteiger partial charge in [0.25, 0.3) is 0 Å². The maximum Gasteiger partial charge on any atom is 0.242 e. The van der Waals surface area contributed by atoms with E-state index >= 15 is 0 Å². The largest absolute Gasteiger partial charge is 0.394 e. The summed E-state index contributed by atoms with van der Waals surface area (Å²) in [6, 6.07) is -0.0635. The van der Waals surface area contributed by atoms with E-state index in [0.29, 0.717) is 0 Å². The number of amides is 1. The molecular formula is C10H20N2O2. The lowest BCUT2D eigenvalue weighted by Gasteiger charge is -2.28. The van der Waals surface area contributed by atoms with E-state index < -0.39 is 0 Å². The van der Waals surface area contributed by atoms with Crippen molar-refractivity contribution in [3.05, 3.63) is 0 Å². The van der Waals surface area contributed by atoms with Gasteiger partial charge in [-0.3, -0.25) is 9.69 Å². The second kappa shape index (κ2) is 4.75. The highest BCUT2D eigenvalue weighted by Gasteiger charge is 2.32. The molecule has 1 fully saturated rings. The van der Waals surface area contributed by atoms with E-state index in [0.717, 1.165) is 19.5 Å². The van der Waals surface area contributed by atoms with Crippen LogP contribution < -0.4 is 0 Å². The van der Waals surface area contributed by atoms with E-state index in [1.165, 1.54) is 0 Å². The Morgan fingerprint density at radius 3 is 2.71 bits per heavy atom. The summed E-state index contributed by atoms with van der Waals surface area (Å²) in [6.45, 7) is 5.56. The SMILES string of the molecule is CCN1C(=O)C(CO)N(C)CCC1C. The first kappa shape index (κ1) is 11.5. The molecule has 0 spiro atoms. The lowest BCUT2D eigenvalue weighted by atomic mass is 10.2. The van der Waals surface area contributed by atoms with Crippen molar-refractivity contribution in [2.24, 2.45) is 0 Å². The molecule has 1 aliphatic rings. The molecule has 1 rings (SSSR count). The van der Waals surface area contributed by atoms with Gasteiger partial charge >= 0.3 is 0 Å². The third-order valence-electron chi connectivity index (χ3n) is 3.05. The van der Waals surface area contributed by atoms with Gasteiger partial charge in [-0.2, -0.15) is 0 Å². The van der Waals surface area contributed by atoms with Crippen LogP contribution in [0.25, 0.3) is 0 Å². The highest BCUT2D eigenvalue weighted by molar-refractivity contribution is 5.82. The fourth-order valence-electron chi connectivity index (χ4n) is 1.98. The van der Waals surface area contributed by atoms with E-state index in [-0.39, 0.29) is 24.6 Å². The minimum absolute atomic E-state index is 0.0579. The van der Waals surface area contributed by atoms with E-state index in [9.17, 15) is 4.79 Å². The first-order chi connectivity index (χ1) is 6.61. The Morgan fingerprint density at radius 2 is 2.21 bits per heavy atom. The molecule has 0 saturated carbocycles. The molecule has 14 heavy (non-hydrogen) atoms. The van der Waals surface area contributed by atoms with Gasteiger partial charge in [-0.25, -0.2) is 0 Å². The summed E-state index contributed by atoms with van der Waals surface area (Å²) in [5, 5.41) is 9.17. The molecule has 2 atom stereocenters. The van der Waals surface area contributed by atoms with E-state index in [4.69, 9.17) is 5.11 Å². The van der Waals surface area contributed by atoms with Gasteiger partial charge in [-0.05, 0) is 27.3 Å². The summed E-state index contributed by atoms with van der Waals surface area (Å²) in [6.07, 6.45) is 0.979. The quantitative estimate of drug-likeness (QED) is 0.678. The smallest absolute Gasteiger partial charge is 0.242 e. The van der Waals surface area contributed by atoms with E-state index in [2.05, 4.69) is 6.92 Å². The molecule has 0 aromatic rings. The average molecular weight is 200 g/mol. The Morgan fingerprint density at radius 1 is 1.57 bits per heavy atom. The van der Waals surface area contributed by atoms with Crippen LogP contribution in [-0.2, 0) is 4.79 Å². The highest BCUT2D eigenvalue weighted by atomic mass is 16.3. The molecule has 1 saturated heterocycles. The van der Waals surface area contributed by atoms with Crippen LogP contribution in [0.3, 0.4) is 0 Å². The number of carbonyl (C=O) groups is 1. The van der Waals surface area contributed by atoms with Gasteiger partial charge in [-0.15, -0.1) is 0 Å². The fourth-order valence-corrected chi connectivity index (χ4v) is 1.98. The number of likely N-dealkylation sites (N-methyl/N-ethyl adjacent to an activating group) is 2. The molecule has 0 radical (unpaired) electrons. The van der Waals surface area contributed by atoms with Crippen LogP contribution in [0, 0.1) is 0 Å². The van der Waals surface area contributed by atoms with Gasteiger partial charge in [0.1, 0.15) is 6.04 Å². The van der Waals surface area contributed by atoms with E-state index in [1.54, 1.807) is 0 Å². The zero-order valence-electron chi connectivity index (χ0n) is 9.23. The van der Waals surface area contributed by atoms with Gasteiger partial charge in [0.15, 0.2) is 0 Å². The Hall–Kier alpha value is -0.610. The first-order valence-corrected chi connectivity index (χ1v) is 5.23. The fraction of sp³-hybridized carbons (Fsp3) is 0.900. The molecule has 1 aliphatic heterocycles. The molecule has 1 heterocycles. The molecule has 0 aromatic carbocycles. The molecule has 1 amide bonds. The van der Waals surface area contributed by atoms with Gasteiger partial charge in [0.05, 0.1) is 6.61 Å². The minimum Gasteiger partial charge on any atom is -0.394 e. The summed E-state index contributed by atoms with van der Waals surface area (Å²) in [5.74, 6) is 0.0579. The number of hydrogen-bond acceptors (Lipinski definition) is 3. The third kappa shape index (κ3) is 2.07. The lowest BCUT2D eigenvalue weighted by molar-refractivity contribution is -0.137. The summed E-state index contributed by atoms with van der Waals surface area (Å²) >= 11 is 0. The van der Waals surface area contributed by atoms with Crippen molar-refractivity contribution in [3.8, 4) is 0 Å². The summed E-state index contributed by atoms with van der Waals surface area (Å²) in [4.78, 5) is 15.7. The average Bonchev–Trinajstić information content (AvgIpc) is 2.25. The zero-order valence-corrected chi connectivity index (χ0v) is 9.23. The van der Waals surface area contributed by atoms with Crippen molar-refractivity contribution < 1.29 is 9.90 Å². The van der Waals surface area contributed by atoms with Crippen molar-refractivity contribution in [3.63, 3.8) is 0 Å². The molecular weight excluding hydrogens is 180 g/mol. The Kier molecular flexibility index (Phi) is 3.89. The zero-order chi connectivity index (χ0) is 10.7. The van der Waals surface area contributed by atoms with Crippen molar-refractivity contribution in [1.29, 1.82) is 0 Å². The number of aliphatic hydroxyl groups is 1.